The highest BCUT2D eigenvalue weighted by Crippen LogP contribution is 2.15. The predicted octanol–water partition coefficient (Wildman–Crippen LogP) is 3.52. The molecule has 0 atom stereocenters. The van der Waals surface area contributed by atoms with Crippen molar-refractivity contribution in [3.63, 3.8) is 0 Å². The lowest BCUT2D eigenvalue weighted by Crippen LogP contribution is -2.49. The van der Waals surface area contributed by atoms with Gasteiger partial charge in [-0.05, 0) is 30.5 Å². The molecule has 3 rings (SSSR count). The summed E-state index contributed by atoms with van der Waals surface area (Å²) in [5, 5.41) is 10.1. The largest absolute Gasteiger partial charge is 0.355 e. The molecule has 2 aromatic carbocycles. The number of rotatable bonds is 7. The van der Waals surface area contributed by atoms with Crippen LogP contribution >= 0.6 is 35.6 Å². The van der Waals surface area contributed by atoms with Crippen LogP contribution in [0.1, 0.15) is 28.8 Å². The van der Waals surface area contributed by atoms with E-state index in [9.17, 15) is 4.79 Å². The van der Waals surface area contributed by atoms with Crippen molar-refractivity contribution in [2.24, 2.45) is 4.99 Å². The monoisotopic (exact) mass is 555 g/mol. The Labute approximate surface area is 206 Å². The number of benzene rings is 2. The molecule has 1 aliphatic heterocycles. The number of hydrogen-bond acceptors (Lipinski definition) is 3. The van der Waals surface area contributed by atoms with Crippen LogP contribution in [-0.4, -0.2) is 56.0 Å². The van der Waals surface area contributed by atoms with Gasteiger partial charge in [0.1, 0.15) is 0 Å². The van der Waals surface area contributed by atoms with E-state index in [2.05, 4.69) is 56.2 Å². The molecule has 31 heavy (non-hydrogen) atoms. The van der Waals surface area contributed by atoms with Gasteiger partial charge in [-0.2, -0.15) is 0 Å². The van der Waals surface area contributed by atoms with Crippen molar-refractivity contribution < 1.29 is 4.79 Å². The highest BCUT2D eigenvalue weighted by molar-refractivity contribution is 14.0. The number of amides is 1. The van der Waals surface area contributed by atoms with Gasteiger partial charge >= 0.3 is 0 Å². The van der Waals surface area contributed by atoms with E-state index in [0.29, 0.717) is 29.7 Å². The maximum atomic E-state index is 12.2. The maximum Gasteiger partial charge on any atom is 0.252 e. The van der Waals surface area contributed by atoms with E-state index in [0.717, 1.165) is 38.4 Å². The third-order valence-corrected chi connectivity index (χ3v) is 5.55. The summed E-state index contributed by atoms with van der Waals surface area (Å²) < 4.78 is 0. The summed E-state index contributed by atoms with van der Waals surface area (Å²) in [5.41, 5.74) is 1.85. The van der Waals surface area contributed by atoms with Crippen molar-refractivity contribution in [1.29, 1.82) is 0 Å². The number of halogens is 2. The second-order valence-electron chi connectivity index (χ2n) is 7.42. The van der Waals surface area contributed by atoms with Gasteiger partial charge in [0, 0.05) is 45.8 Å². The lowest BCUT2D eigenvalue weighted by atomic mass is 10.0. The van der Waals surface area contributed by atoms with Gasteiger partial charge in [-0.25, -0.2) is 0 Å². The van der Waals surface area contributed by atoms with Gasteiger partial charge in [-0.1, -0.05) is 54.1 Å². The number of likely N-dealkylation sites (tertiary alicyclic amines) is 1. The fourth-order valence-electron chi connectivity index (χ4n) is 3.56. The van der Waals surface area contributed by atoms with Crippen LogP contribution in [0.5, 0.6) is 0 Å². The number of nitrogens with zero attached hydrogens (tertiary/aromatic N) is 2. The topological polar surface area (TPSA) is 68.8 Å². The van der Waals surface area contributed by atoms with Crippen LogP contribution in [-0.2, 0) is 6.54 Å². The van der Waals surface area contributed by atoms with Crippen molar-refractivity contribution in [2.45, 2.75) is 25.4 Å². The summed E-state index contributed by atoms with van der Waals surface area (Å²) in [5.74, 6) is 0.597. The molecule has 0 aliphatic carbocycles. The van der Waals surface area contributed by atoms with Crippen LogP contribution in [0.3, 0.4) is 0 Å². The standard InChI is InChI=1S/C23H30ClN5O.HI/c1-25-23(27-14-13-26-22(30)20-9-5-6-10-21(20)24)28-19-11-15-29(16-12-19)17-18-7-3-2-4-8-18;/h2-10,19H,11-17H2,1H3,(H,26,30)(H2,25,27,28);1H. The Hall–Kier alpha value is -1.84. The summed E-state index contributed by atoms with van der Waals surface area (Å²) in [6.45, 7) is 4.21. The summed E-state index contributed by atoms with van der Waals surface area (Å²) in [4.78, 5) is 19.0. The fraction of sp³-hybridized carbons (Fsp3) is 0.391. The number of aliphatic imine (C=N–C) groups is 1. The number of hydrogen-bond donors (Lipinski definition) is 3. The lowest BCUT2D eigenvalue weighted by Gasteiger charge is -2.33. The van der Waals surface area contributed by atoms with E-state index >= 15 is 0 Å². The molecule has 0 unspecified atom stereocenters. The Balaban J connectivity index is 0.00000341. The van der Waals surface area contributed by atoms with Crippen LogP contribution in [0.4, 0.5) is 0 Å². The quantitative estimate of drug-likeness (QED) is 0.212. The molecular formula is C23H31ClIN5O. The average Bonchev–Trinajstić information content (AvgIpc) is 2.78. The fourth-order valence-corrected chi connectivity index (χ4v) is 3.78. The van der Waals surface area contributed by atoms with E-state index in [-0.39, 0.29) is 29.9 Å². The van der Waals surface area contributed by atoms with Crippen LogP contribution in [0.25, 0.3) is 0 Å². The Bertz CT molecular complexity index is 841. The molecule has 1 amide bonds. The molecule has 1 saturated heterocycles. The third-order valence-electron chi connectivity index (χ3n) is 5.22. The van der Waals surface area contributed by atoms with Gasteiger partial charge in [0.25, 0.3) is 5.91 Å². The van der Waals surface area contributed by atoms with Crippen molar-refractivity contribution >= 4 is 47.4 Å². The number of piperidine rings is 1. The minimum atomic E-state index is -0.170. The molecule has 0 aromatic heterocycles. The SMILES string of the molecule is CN=C(NCCNC(=O)c1ccccc1Cl)NC1CCN(Cc2ccccc2)CC1.I. The summed E-state index contributed by atoms with van der Waals surface area (Å²) in [6, 6.07) is 18.1. The molecule has 168 valence electrons. The second-order valence-corrected chi connectivity index (χ2v) is 7.82. The minimum absolute atomic E-state index is 0. The average molecular weight is 556 g/mol. The lowest BCUT2D eigenvalue weighted by molar-refractivity contribution is 0.0954. The minimum Gasteiger partial charge on any atom is -0.355 e. The molecule has 6 nitrogen and oxygen atoms in total. The van der Waals surface area contributed by atoms with Gasteiger partial charge in [0.05, 0.1) is 10.6 Å². The van der Waals surface area contributed by atoms with Gasteiger partial charge in [-0.15, -0.1) is 24.0 Å². The molecule has 0 radical (unpaired) electrons. The van der Waals surface area contributed by atoms with Crippen LogP contribution < -0.4 is 16.0 Å². The zero-order valence-electron chi connectivity index (χ0n) is 17.8. The molecule has 1 fully saturated rings. The first kappa shape index (κ1) is 25.4. The van der Waals surface area contributed by atoms with Crippen molar-refractivity contribution in [3.8, 4) is 0 Å². The van der Waals surface area contributed by atoms with E-state index < -0.39 is 0 Å². The Morgan fingerprint density at radius 2 is 1.68 bits per heavy atom. The zero-order valence-corrected chi connectivity index (χ0v) is 20.9. The molecule has 0 saturated carbocycles. The van der Waals surface area contributed by atoms with Crippen molar-refractivity contribution in [3.05, 3.63) is 70.7 Å². The molecule has 1 heterocycles. The van der Waals surface area contributed by atoms with Crippen LogP contribution in [0.15, 0.2) is 59.6 Å². The second kappa shape index (κ2) is 13.5. The molecule has 2 aromatic rings. The predicted molar refractivity (Wildman–Crippen MR) is 138 cm³/mol. The third kappa shape index (κ3) is 8.31. The normalized spacial score (nSPS) is 15.1. The van der Waals surface area contributed by atoms with E-state index in [1.807, 2.05) is 6.07 Å². The van der Waals surface area contributed by atoms with Gasteiger partial charge in [0.2, 0.25) is 0 Å². The van der Waals surface area contributed by atoms with E-state index in [1.165, 1.54) is 5.56 Å². The van der Waals surface area contributed by atoms with Gasteiger partial charge in [0.15, 0.2) is 5.96 Å². The molecule has 8 heteroatoms. The first-order valence-electron chi connectivity index (χ1n) is 10.4. The molecular weight excluding hydrogens is 525 g/mol. The smallest absolute Gasteiger partial charge is 0.252 e. The van der Waals surface area contributed by atoms with E-state index in [4.69, 9.17) is 11.6 Å². The first-order chi connectivity index (χ1) is 14.7. The number of carbonyl (C=O) groups is 1. The molecule has 3 N–H and O–H groups in total. The Morgan fingerprint density at radius 1 is 1.03 bits per heavy atom. The van der Waals surface area contributed by atoms with Crippen molar-refractivity contribution in [1.82, 2.24) is 20.9 Å². The summed E-state index contributed by atoms with van der Waals surface area (Å²) in [6.07, 6.45) is 2.16. The highest BCUT2D eigenvalue weighted by atomic mass is 127. The summed E-state index contributed by atoms with van der Waals surface area (Å²) >= 11 is 6.06. The first-order valence-corrected chi connectivity index (χ1v) is 10.8. The number of guanidine groups is 1. The molecule has 0 bridgehead atoms. The highest BCUT2D eigenvalue weighted by Gasteiger charge is 2.20. The summed E-state index contributed by atoms with van der Waals surface area (Å²) in [7, 11) is 1.77. The number of carbonyl (C=O) groups excluding carboxylic acids is 1. The van der Waals surface area contributed by atoms with Gasteiger partial charge < -0.3 is 16.0 Å². The van der Waals surface area contributed by atoms with Crippen LogP contribution in [0.2, 0.25) is 5.02 Å². The molecule has 0 spiro atoms. The zero-order chi connectivity index (χ0) is 21.2. The van der Waals surface area contributed by atoms with Crippen molar-refractivity contribution in [2.75, 3.05) is 33.2 Å². The van der Waals surface area contributed by atoms with Crippen LogP contribution in [0, 0.1) is 0 Å². The van der Waals surface area contributed by atoms with Gasteiger partial charge in [-0.3, -0.25) is 14.7 Å². The van der Waals surface area contributed by atoms with E-state index in [1.54, 1.807) is 25.2 Å². The molecule has 1 aliphatic rings. The Kier molecular flexibility index (Phi) is 11.1. The number of nitrogens with one attached hydrogen (secondary N) is 3. The maximum absolute atomic E-state index is 12.2. The Morgan fingerprint density at radius 3 is 2.35 bits per heavy atom.